The number of furan rings is 1. The highest BCUT2D eigenvalue weighted by Gasteiger charge is 2.25. The lowest BCUT2D eigenvalue weighted by Gasteiger charge is -2.32. The highest BCUT2D eigenvalue weighted by Crippen LogP contribution is 2.15. The summed E-state index contributed by atoms with van der Waals surface area (Å²) in [6.45, 7) is 3.14. The van der Waals surface area contributed by atoms with Gasteiger partial charge >= 0.3 is 0 Å². The Labute approximate surface area is 134 Å². The lowest BCUT2D eigenvalue weighted by atomic mass is 10.0. The minimum atomic E-state index is -0.114. The largest absolute Gasteiger partial charge is 0.472 e. The van der Waals surface area contributed by atoms with Crippen molar-refractivity contribution < 1.29 is 14.0 Å². The Morgan fingerprint density at radius 3 is 2.61 bits per heavy atom. The molecule has 0 spiro atoms. The zero-order valence-corrected chi connectivity index (χ0v) is 13.0. The molecular formula is C17H19N3O3. The van der Waals surface area contributed by atoms with Crippen molar-refractivity contribution in [2.45, 2.75) is 25.8 Å². The van der Waals surface area contributed by atoms with Gasteiger partial charge in [-0.05, 0) is 38.0 Å². The number of aromatic nitrogens is 1. The van der Waals surface area contributed by atoms with Gasteiger partial charge in [-0.25, -0.2) is 0 Å². The van der Waals surface area contributed by atoms with Crippen LogP contribution in [0.5, 0.6) is 0 Å². The van der Waals surface area contributed by atoms with E-state index >= 15 is 0 Å². The fourth-order valence-corrected chi connectivity index (χ4v) is 2.67. The van der Waals surface area contributed by atoms with Crippen LogP contribution in [0.3, 0.4) is 0 Å². The van der Waals surface area contributed by atoms with Gasteiger partial charge in [0.2, 0.25) is 0 Å². The van der Waals surface area contributed by atoms with E-state index in [1.807, 2.05) is 13.0 Å². The average Bonchev–Trinajstić information content (AvgIpc) is 3.10. The van der Waals surface area contributed by atoms with Crippen LogP contribution in [0.25, 0.3) is 0 Å². The fraction of sp³-hybridized carbons (Fsp3) is 0.353. The van der Waals surface area contributed by atoms with Gasteiger partial charge in [-0.1, -0.05) is 0 Å². The Hall–Kier alpha value is -2.63. The fourth-order valence-electron chi connectivity index (χ4n) is 2.67. The van der Waals surface area contributed by atoms with Crippen LogP contribution in [0.2, 0.25) is 0 Å². The first kappa shape index (κ1) is 15.3. The molecule has 0 bridgehead atoms. The number of hydrogen-bond acceptors (Lipinski definition) is 4. The maximum Gasteiger partial charge on any atom is 0.257 e. The predicted octanol–water partition coefficient (Wildman–Crippen LogP) is 2.02. The topological polar surface area (TPSA) is 75.4 Å². The van der Waals surface area contributed by atoms with Crippen LogP contribution in [0.15, 0.2) is 41.3 Å². The monoisotopic (exact) mass is 313 g/mol. The summed E-state index contributed by atoms with van der Waals surface area (Å²) in [4.78, 5) is 30.3. The first-order valence-electron chi connectivity index (χ1n) is 7.68. The number of aryl methyl sites for hydroxylation is 1. The van der Waals surface area contributed by atoms with Gasteiger partial charge in [0.25, 0.3) is 11.8 Å². The van der Waals surface area contributed by atoms with Gasteiger partial charge in [0.05, 0.1) is 17.4 Å². The maximum absolute atomic E-state index is 12.2. The van der Waals surface area contributed by atoms with Crippen molar-refractivity contribution in [2.24, 2.45) is 0 Å². The second-order valence-electron chi connectivity index (χ2n) is 5.74. The van der Waals surface area contributed by atoms with Crippen molar-refractivity contribution in [3.63, 3.8) is 0 Å². The zero-order valence-electron chi connectivity index (χ0n) is 13.0. The van der Waals surface area contributed by atoms with E-state index < -0.39 is 0 Å². The lowest BCUT2D eigenvalue weighted by molar-refractivity contribution is 0.0697. The molecule has 6 nitrogen and oxygen atoms in total. The van der Waals surface area contributed by atoms with E-state index in [-0.39, 0.29) is 17.9 Å². The highest BCUT2D eigenvalue weighted by molar-refractivity contribution is 5.94. The second-order valence-corrected chi connectivity index (χ2v) is 5.74. The van der Waals surface area contributed by atoms with E-state index in [1.165, 1.54) is 12.5 Å². The molecule has 0 aromatic carbocycles. The SMILES string of the molecule is Cc1ccc(C(=O)NC2CCN(C(=O)c3ccoc3)CC2)cn1. The number of nitrogens with zero attached hydrogens (tertiary/aromatic N) is 2. The van der Waals surface area contributed by atoms with Crippen LogP contribution in [0.4, 0.5) is 0 Å². The summed E-state index contributed by atoms with van der Waals surface area (Å²) < 4.78 is 4.95. The van der Waals surface area contributed by atoms with E-state index in [1.54, 1.807) is 23.2 Å². The molecule has 0 saturated carbocycles. The van der Waals surface area contributed by atoms with E-state index in [2.05, 4.69) is 10.3 Å². The molecule has 0 radical (unpaired) electrons. The molecule has 23 heavy (non-hydrogen) atoms. The van der Waals surface area contributed by atoms with Crippen molar-refractivity contribution in [3.05, 3.63) is 53.7 Å². The Bertz CT molecular complexity index is 672. The van der Waals surface area contributed by atoms with Crippen LogP contribution < -0.4 is 5.32 Å². The van der Waals surface area contributed by atoms with Crippen LogP contribution >= 0.6 is 0 Å². The van der Waals surface area contributed by atoms with Gasteiger partial charge in [-0.3, -0.25) is 14.6 Å². The number of hydrogen-bond donors (Lipinski definition) is 1. The summed E-state index contributed by atoms with van der Waals surface area (Å²) in [6.07, 6.45) is 6.03. The number of carbonyl (C=O) groups is 2. The van der Waals surface area contributed by atoms with Crippen molar-refractivity contribution in [1.29, 1.82) is 0 Å². The van der Waals surface area contributed by atoms with Crippen LogP contribution in [-0.4, -0.2) is 40.8 Å². The summed E-state index contributed by atoms with van der Waals surface area (Å²) >= 11 is 0. The first-order valence-corrected chi connectivity index (χ1v) is 7.68. The van der Waals surface area contributed by atoms with Gasteiger partial charge in [0, 0.05) is 31.0 Å². The molecule has 3 rings (SSSR count). The summed E-state index contributed by atoms with van der Waals surface area (Å²) in [5, 5.41) is 3.01. The quantitative estimate of drug-likeness (QED) is 0.940. The minimum absolute atomic E-state index is 0.0220. The molecule has 1 aliphatic rings. The molecule has 6 heteroatoms. The summed E-state index contributed by atoms with van der Waals surface area (Å²) in [5.74, 6) is -0.136. The molecule has 1 N–H and O–H groups in total. The van der Waals surface area contributed by atoms with Crippen molar-refractivity contribution in [3.8, 4) is 0 Å². The third-order valence-electron chi connectivity index (χ3n) is 4.06. The van der Waals surface area contributed by atoms with E-state index in [4.69, 9.17) is 4.42 Å². The van der Waals surface area contributed by atoms with Crippen molar-refractivity contribution in [1.82, 2.24) is 15.2 Å². The third-order valence-corrected chi connectivity index (χ3v) is 4.06. The summed E-state index contributed by atoms with van der Waals surface area (Å²) in [5.41, 5.74) is 2.01. The maximum atomic E-state index is 12.2. The molecule has 2 amide bonds. The summed E-state index contributed by atoms with van der Waals surface area (Å²) in [6, 6.07) is 5.34. The van der Waals surface area contributed by atoms with Crippen LogP contribution in [0, 0.1) is 6.92 Å². The van der Waals surface area contributed by atoms with Crippen molar-refractivity contribution in [2.75, 3.05) is 13.1 Å². The number of amides is 2. The average molecular weight is 313 g/mol. The molecule has 0 aliphatic carbocycles. The Balaban J connectivity index is 1.52. The highest BCUT2D eigenvalue weighted by atomic mass is 16.3. The Kier molecular flexibility index (Phi) is 4.41. The molecule has 1 saturated heterocycles. The van der Waals surface area contributed by atoms with Gasteiger partial charge < -0.3 is 14.6 Å². The lowest BCUT2D eigenvalue weighted by Crippen LogP contribution is -2.46. The molecule has 120 valence electrons. The molecule has 1 fully saturated rings. The number of piperidine rings is 1. The Morgan fingerprint density at radius 1 is 1.22 bits per heavy atom. The van der Waals surface area contributed by atoms with E-state index in [0.29, 0.717) is 24.2 Å². The molecule has 2 aromatic rings. The van der Waals surface area contributed by atoms with Crippen molar-refractivity contribution >= 4 is 11.8 Å². The molecule has 0 unspecified atom stereocenters. The van der Waals surface area contributed by atoms with Gasteiger partial charge in [0.1, 0.15) is 6.26 Å². The van der Waals surface area contributed by atoms with Gasteiger partial charge in [0.15, 0.2) is 0 Å². The van der Waals surface area contributed by atoms with Crippen LogP contribution in [0.1, 0.15) is 39.3 Å². The zero-order chi connectivity index (χ0) is 16.2. The predicted molar refractivity (Wildman–Crippen MR) is 84.1 cm³/mol. The smallest absolute Gasteiger partial charge is 0.257 e. The third kappa shape index (κ3) is 3.59. The Morgan fingerprint density at radius 2 is 2.00 bits per heavy atom. The van der Waals surface area contributed by atoms with E-state index in [0.717, 1.165) is 18.5 Å². The number of likely N-dealkylation sites (tertiary alicyclic amines) is 1. The number of rotatable bonds is 3. The van der Waals surface area contributed by atoms with Crippen LogP contribution in [-0.2, 0) is 0 Å². The normalized spacial score (nSPS) is 15.4. The molecule has 2 aromatic heterocycles. The number of carbonyl (C=O) groups excluding carboxylic acids is 2. The number of nitrogens with one attached hydrogen (secondary N) is 1. The standard InChI is InChI=1S/C17H19N3O3/c1-12-2-3-13(10-18-12)16(21)19-15-4-7-20(8-5-15)17(22)14-6-9-23-11-14/h2-3,6,9-11,15H,4-5,7-8H2,1H3,(H,19,21). The molecule has 3 heterocycles. The van der Waals surface area contributed by atoms with Gasteiger partial charge in [-0.15, -0.1) is 0 Å². The molecule has 0 atom stereocenters. The molecule has 1 aliphatic heterocycles. The summed E-state index contributed by atoms with van der Waals surface area (Å²) in [7, 11) is 0. The minimum Gasteiger partial charge on any atom is -0.472 e. The second kappa shape index (κ2) is 6.64. The first-order chi connectivity index (χ1) is 11.1. The van der Waals surface area contributed by atoms with E-state index in [9.17, 15) is 9.59 Å². The molecular weight excluding hydrogens is 294 g/mol. The van der Waals surface area contributed by atoms with Gasteiger partial charge in [-0.2, -0.15) is 0 Å². The number of pyridine rings is 1.